The minimum atomic E-state index is -0.336. The lowest BCUT2D eigenvalue weighted by molar-refractivity contribution is -0.116. The number of nitrogens with one attached hydrogen (secondary N) is 1. The van der Waals surface area contributed by atoms with Crippen molar-refractivity contribution >= 4 is 43.9 Å². The molecule has 0 aliphatic rings. The van der Waals surface area contributed by atoms with E-state index in [4.69, 9.17) is 4.74 Å². The number of anilines is 1. The zero-order valence-corrected chi connectivity index (χ0v) is 16.5. The van der Waals surface area contributed by atoms with Gasteiger partial charge in [0.1, 0.15) is 12.3 Å². The van der Waals surface area contributed by atoms with Crippen LogP contribution in [0.2, 0.25) is 0 Å². The second kappa shape index (κ2) is 7.91. The Hall–Kier alpha value is -3.04. The number of aromatic nitrogens is 3. The van der Waals surface area contributed by atoms with Crippen LogP contribution in [0.15, 0.2) is 52.9 Å². The lowest BCUT2D eigenvalue weighted by Crippen LogP contribution is -2.27. The lowest BCUT2D eigenvalue weighted by Gasteiger charge is -2.05. The number of thiazole rings is 1. The Morgan fingerprint density at radius 1 is 1.29 bits per heavy atom. The molecule has 28 heavy (non-hydrogen) atoms. The highest BCUT2D eigenvalue weighted by atomic mass is 32.1. The first-order valence-electron chi connectivity index (χ1n) is 8.56. The van der Waals surface area contributed by atoms with Gasteiger partial charge in [-0.2, -0.15) is 0 Å². The van der Waals surface area contributed by atoms with Crippen LogP contribution in [0.5, 0.6) is 5.75 Å². The normalized spacial score (nSPS) is 10.9. The molecule has 9 heteroatoms. The molecule has 1 amide bonds. The third kappa shape index (κ3) is 3.95. The number of rotatable bonds is 6. The molecule has 0 unspecified atom stereocenters. The Kier molecular flexibility index (Phi) is 5.18. The summed E-state index contributed by atoms with van der Waals surface area (Å²) in [5.74, 6) is 0.428. The van der Waals surface area contributed by atoms with Crippen molar-refractivity contribution in [1.82, 2.24) is 14.5 Å². The summed E-state index contributed by atoms with van der Waals surface area (Å²) < 4.78 is 7.67. The van der Waals surface area contributed by atoms with Gasteiger partial charge in [0, 0.05) is 6.07 Å². The Morgan fingerprint density at radius 2 is 2.18 bits per heavy atom. The smallest absolute Gasteiger partial charge is 0.254 e. The third-order valence-electron chi connectivity index (χ3n) is 3.88. The van der Waals surface area contributed by atoms with Gasteiger partial charge in [0.15, 0.2) is 5.13 Å². The summed E-state index contributed by atoms with van der Waals surface area (Å²) in [4.78, 5) is 34.2. The fourth-order valence-corrected chi connectivity index (χ4v) is 4.24. The molecule has 0 bridgehead atoms. The number of carbonyl (C=O) groups excluding carboxylic acids is 1. The van der Waals surface area contributed by atoms with Gasteiger partial charge in [-0.25, -0.2) is 9.97 Å². The summed E-state index contributed by atoms with van der Waals surface area (Å²) in [6.07, 6.45) is 1.39. The van der Waals surface area contributed by atoms with Crippen LogP contribution in [-0.4, -0.2) is 27.0 Å². The van der Waals surface area contributed by atoms with E-state index < -0.39 is 0 Å². The monoisotopic (exact) mass is 412 g/mol. The zero-order chi connectivity index (χ0) is 19.5. The van der Waals surface area contributed by atoms with E-state index in [2.05, 4.69) is 15.3 Å². The molecule has 1 aromatic carbocycles. The summed E-state index contributed by atoms with van der Waals surface area (Å²) in [6.45, 7) is 2.38. The Balaban J connectivity index is 1.47. The SMILES string of the molecule is CCOc1ccc2nc(NC(=O)Cn3cnc(-c4cccs4)cc3=O)sc2c1. The molecular formula is C19H16N4O3S2. The van der Waals surface area contributed by atoms with Gasteiger partial charge in [-0.15, -0.1) is 11.3 Å². The molecule has 4 rings (SSSR count). The van der Waals surface area contributed by atoms with Crippen molar-refractivity contribution in [3.8, 4) is 16.3 Å². The van der Waals surface area contributed by atoms with E-state index in [1.165, 1.54) is 39.6 Å². The molecular weight excluding hydrogens is 396 g/mol. The number of hydrogen-bond acceptors (Lipinski definition) is 7. The van der Waals surface area contributed by atoms with Gasteiger partial charge in [0.25, 0.3) is 5.56 Å². The number of fused-ring (bicyclic) bond motifs is 1. The summed E-state index contributed by atoms with van der Waals surface area (Å²) in [7, 11) is 0. The second-order valence-electron chi connectivity index (χ2n) is 5.85. The Morgan fingerprint density at radius 3 is 2.93 bits per heavy atom. The van der Waals surface area contributed by atoms with Gasteiger partial charge in [0.05, 0.1) is 33.7 Å². The first kappa shape index (κ1) is 18.3. The third-order valence-corrected chi connectivity index (χ3v) is 5.71. The average molecular weight is 412 g/mol. The van der Waals surface area contributed by atoms with Crippen LogP contribution in [0.25, 0.3) is 20.8 Å². The van der Waals surface area contributed by atoms with E-state index in [-0.39, 0.29) is 18.0 Å². The topological polar surface area (TPSA) is 86.1 Å². The summed E-state index contributed by atoms with van der Waals surface area (Å²) in [5, 5.41) is 5.14. The number of thiophene rings is 1. The predicted octanol–water partition coefficient (Wildman–Crippen LogP) is 3.62. The average Bonchev–Trinajstić information content (AvgIpc) is 3.32. The summed E-state index contributed by atoms with van der Waals surface area (Å²) >= 11 is 2.86. The molecule has 3 aromatic heterocycles. The first-order chi connectivity index (χ1) is 13.6. The van der Waals surface area contributed by atoms with E-state index in [0.717, 1.165) is 20.8 Å². The molecule has 0 saturated carbocycles. The van der Waals surface area contributed by atoms with E-state index in [1.54, 1.807) is 0 Å². The number of amides is 1. The Labute approximate surface area is 168 Å². The van der Waals surface area contributed by atoms with E-state index >= 15 is 0 Å². The lowest BCUT2D eigenvalue weighted by atomic mass is 10.3. The molecule has 1 N–H and O–H groups in total. The highest BCUT2D eigenvalue weighted by Gasteiger charge is 2.11. The second-order valence-corrected chi connectivity index (χ2v) is 7.83. The highest BCUT2D eigenvalue weighted by molar-refractivity contribution is 7.22. The van der Waals surface area contributed by atoms with Crippen LogP contribution in [0.3, 0.4) is 0 Å². The molecule has 0 radical (unpaired) electrons. The minimum absolute atomic E-state index is 0.128. The molecule has 3 heterocycles. The van der Waals surface area contributed by atoms with Crippen molar-refractivity contribution < 1.29 is 9.53 Å². The number of nitrogens with zero attached hydrogens (tertiary/aromatic N) is 3. The number of benzene rings is 1. The molecule has 0 saturated heterocycles. The van der Waals surface area contributed by atoms with E-state index in [1.807, 2.05) is 42.6 Å². The minimum Gasteiger partial charge on any atom is -0.494 e. The molecule has 0 atom stereocenters. The molecule has 0 spiro atoms. The van der Waals surface area contributed by atoms with Gasteiger partial charge in [0.2, 0.25) is 5.91 Å². The standard InChI is InChI=1S/C19H16N4O3S2/c1-2-26-12-5-6-13-16(8-12)28-19(21-13)22-17(24)10-23-11-20-14(9-18(23)25)15-4-3-7-27-15/h3-9,11H,2,10H2,1H3,(H,21,22,24). The fourth-order valence-electron chi connectivity index (χ4n) is 2.63. The molecule has 0 aliphatic heterocycles. The summed E-state index contributed by atoms with van der Waals surface area (Å²) in [5.41, 5.74) is 1.11. The van der Waals surface area contributed by atoms with Crippen LogP contribution < -0.4 is 15.6 Å². The molecule has 4 aromatic rings. The van der Waals surface area contributed by atoms with Gasteiger partial charge >= 0.3 is 0 Å². The predicted molar refractivity (Wildman–Crippen MR) is 111 cm³/mol. The van der Waals surface area contributed by atoms with Crippen LogP contribution >= 0.6 is 22.7 Å². The quantitative estimate of drug-likeness (QED) is 0.523. The van der Waals surface area contributed by atoms with E-state index in [0.29, 0.717) is 17.4 Å². The maximum absolute atomic E-state index is 12.3. The largest absolute Gasteiger partial charge is 0.494 e. The highest BCUT2D eigenvalue weighted by Crippen LogP contribution is 2.29. The van der Waals surface area contributed by atoms with Crippen molar-refractivity contribution in [2.24, 2.45) is 0 Å². The molecule has 0 fully saturated rings. The van der Waals surface area contributed by atoms with Crippen LogP contribution in [0.4, 0.5) is 5.13 Å². The van der Waals surface area contributed by atoms with Crippen molar-refractivity contribution in [3.05, 3.63) is 58.5 Å². The van der Waals surface area contributed by atoms with Crippen LogP contribution in [-0.2, 0) is 11.3 Å². The maximum Gasteiger partial charge on any atom is 0.254 e. The van der Waals surface area contributed by atoms with Crippen molar-refractivity contribution in [2.45, 2.75) is 13.5 Å². The van der Waals surface area contributed by atoms with Gasteiger partial charge < -0.3 is 10.1 Å². The molecule has 142 valence electrons. The fraction of sp³-hybridized carbons (Fsp3) is 0.158. The van der Waals surface area contributed by atoms with Crippen molar-refractivity contribution in [3.63, 3.8) is 0 Å². The van der Waals surface area contributed by atoms with Crippen molar-refractivity contribution in [2.75, 3.05) is 11.9 Å². The first-order valence-corrected chi connectivity index (χ1v) is 10.3. The number of ether oxygens (including phenoxy) is 1. The number of hydrogen-bond donors (Lipinski definition) is 1. The van der Waals surface area contributed by atoms with Crippen molar-refractivity contribution in [1.29, 1.82) is 0 Å². The Bertz CT molecular complexity index is 1180. The molecule has 7 nitrogen and oxygen atoms in total. The van der Waals surface area contributed by atoms with Crippen LogP contribution in [0, 0.1) is 0 Å². The number of carbonyl (C=O) groups is 1. The maximum atomic E-state index is 12.3. The molecule has 0 aliphatic carbocycles. The summed E-state index contributed by atoms with van der Waals surface area (Å²) in [6, 6.07) is 10.8. The zero-order valence-electron chi connectivity index (χ0n) is 14.9. The van der Waals surface area contributed by atoms with Gasteiger partial charge in [-0.3, -0.25) is 14.2 Å². The van der Waals surface area contributed by atoms with Gasteiger partial charge in [-0.1, -0.05) is 17.4 Å². The van der Waals surface area contributed by atoms with Crippen LogP contribution in [0.1, 0.15) is 6.92 Å². The van der Waals surface area contributed by atoms with E-state index in [9.17, 15) is 9.59 Å². The van der Waals surface area contributed by atoms with Gasteiger partial charge in [-0.05, 0) is 36.6 Å².